The van der Waals surface area contributed by atoms with Crippen LogP contribution in [0.4, 0.5) is 27.2 Å². The molecule has 144 heavy (non-hydrogen) atoms. The second-order valence-corrected chi connectivity index (χ2v) is 47.9. The van der Waals surface area contributed by atoms with Crippen LogP contribution in [0.5, 0.6) is 0 Å². The zero-order valence-electron chi connectivity index (χ0n) is 81.9. The van der Waals surface area contributed by atoms with Gasteiger partial charge in [0.25, 0.3) is 16.7 Å². The largest absolute Gasteiger partial charge is 1.00 e. The number of sulfone groups is 3. The Bertz CT molecular complexity index is 7300. The molecule has 1 unspecified atom stereocenters. The van der Waals surface area contributed by atoms with Crippen LogP contribution in [-0.2, 0) is 123 Å². The monoisotopic (exact) mass is 2340 g/mol. The number of aromatic nitrogens is 3. The number of rotatable bonds is 24. The Hall–Kier alpha value is -8.91. The molecule has 3 aromatic heterocycles. The van der Waals surface area contributed by atoms with E-state index in [1.54, 1.807) is 137 Å². The summed E-state index contributed by atoms with van der Waals surface area (Å²) in [5.41, 5.74) is 5.89. The molecule has 43 heteroatoms. The quantitative estimate of drug-likeness (QED) is 0.0186. The molecule has 764 valence electrons. The summed E-state index contributed by atoms with van der Waals surface area (Å²) in [5, 5.41) is 6.86. The van der Waals surface area contributed by atoms with Gasteiger partial charge in [-0.05, 0) is 229 Å². The topological polar surface area (TPSA) is 367 Å². The van der Waals surface area contributed by atoms with Crippen LogP contribution in [0.1, 0.15) is 195 Å². The number of halogens is 11. The van der Waals surface area contributed by atoms with E-state index in [1.807, 2.05) is 39.8 Å². The van der Waals surface area contributed by atoms with Crippen molar-refractivity contribution in [2.24, 2.45) is 26.1 Å². The summed E-state index contributed by atoms with van der Waals surface area (Å²) in [4.78, 5) is 104. The van der Waals surface area contributed by atoms with E-state index in [2.05, 4.69) is 63.4 Å². The third-order valence-corrected chi connectivity index (χ3v) is 30.3. The van der Waals surface area contributed by atoms with Crippen molar-refractivity contribution in [1.29, 1.82) is 0 Å². The van der Waals surface area contributed by atoms with Gasteiger partial charge in [-0.25, -0.2) is 52.4 Å². The summed E-state index contributed by atoms with van der Waals surface area (Å²) in [6.07, 6.45) is 3.63. The summed E-state index contributed by atoms with van der Waals surface area (Å²) >= 11 is 31.2. The fourth-order valence-corrected chi connectivity index (χ4v) is 18.5. The number of aliphatic imine (C=N–C) groups is 1. The SMILES string of the molecule is CCS(=O)(=O)Cc1ccc(C(=O)c2ccc(Cl)cc2F)c(-c2cn(C)c(=O)cc2CNC(=O)OC(C)(C)C)c1.CCS(=O)(=O)Cc1ccc(C(=O)c2ccc(Cl)cc2F)c(Br)c1.CCS(=O)(=O)Cc1ccc2c(c1)-c1cn(C)c(=O)cc1CN=C2c1ccc(Cl)cc1F.CCS(=O)[O-].Cn1cc(B2OC(C)(C)C(C)(C)O2)c(CNC(=O)OC(C)(C)C)cc1=O.O=C(c1ccc(Cl)cc1F)c1ccc(CBr)cc1Br.[Na+]. The van der Waals surface area contributed by atoms with Crippen LogP contribution in [0.3, 0.4) is 0 Å². The van der Waals surface area contributed by atoms with Crippen LogP contribution >= 0.6 is 94.2 Å². The Labute approximate surface area is 904 Å². The molecular formula is C101H105BBr3Cl4F4N6NaO20S4. The van der Waals surface area contributed by atoms with E-state index in [1.165, 1.54) is 119 Å². The first-order valence-corrected chi connectivity index (χ1v) is 54.9. The average Bonchev–Trinajstić information content (AvgIpc) is 1.60. The number of hydrogen-bond donors (Lipinski definition) is 2. The van der Waals surface area contributed by atoms with Crippen molar-refractivity contribution in [3.8, 4) is 22.3 Å². The summed E-state index contributed by atoms with van der Waals surface area (Å²) in [5.74, 6) is -4.44. The predicted octanol–water partition coefficient (Wildman–Crippen LogP) is 17.5. The molecule has 8 aromatic carbocycles. The second kappa shape index (κ2) is 52.3. The van der Waals surface area contributed by atoms with Crippen molar-refractivity contribution < 1.29 is 124 Å². The molecule has 1 saturated heterocycles. The molecule has 2 aliphatic heterocycles. The van der Waals surface area contributed by atoms with Crippen molar-refractivity contribution in [1.82, 2.24) is 24.3 Å². The Morgan fingerprint density at radius 3 is 1.21 bits per heavy atom. The first-order chi connectivity index (χ1) is 66.5. The third kappa shape index (κ3) is 34.6. The fraction of sp³-hybridized carbons (Fsp3) is 0.317. The van der Waals surface area contributed by atoms with Gasteiger partial charge in [-0.1, -0.05) is 169 Å². The molecule has 0 radical (unpaired) electrons. The van der Waals surface area contributed by atoms with Gasteiger partial charge in [-0.2, -0.15) is 0 Å². The van der Waals surface area contributed by atoms with Crippen LogP contribution in [0, 0.1) is 23.3 Å². The normalized spacial score (nSPS) is 13.1. The number of aryl methyl sites for hydroxylation is 3. The minimum absolute atomic E-state index is 0. The van der Waals surface area contributed by atoms with E-state index < -0.39 is 117 Å². The number of carbonyl (C=O) groups excluding carboxylic acids is 5. The van der Waals surface area contributed by atoms with Gasteiger partial charge in [0.15, 0.2) is 46.9 Å². The molecule has 0 aliphatic carbocycles. The Kier molecular flexibility index (Phi) is 44.3. The number of benzene rings is 8. The zero-order chi connectivity index (χ0) is 107. The van der Waals surface area contributed by atoms with E-state index in [4.69, 9.17) is 65.2 Å². The molecule has 1 fully saturated rings. The molecule has 13 rings (SSSR count). The van der Waals surface area contributed by atoms with Gasteiger partial charge in [0.05, 0.1) is 57.4 Å². The fourth-order valence-electron chi connectivity index (χ4n) is 13.6. The first-order valence-electron chi connectivity index (χ1n) is 44.0. The standard InChI is InChI=1S/C28H30ClFN2O6S.C23H20ClFN2O3S.C18H29BN2O5.C16H13BrClFO3S.C14H8Br2ClFO.C2H6O2S.Na/c1-6-39(36,37)16-17-7-9-20(26(34)21-10-8-19(29)13-24(21)30)22(11-17)23-15-32(5)25(33)12-18(23)14-31-27(35)38-28(2,3)4;1-3-31(29,30)13-14-4-6-17-19(8-14)20-12-27(2)22(28)9-15(20)11-26-23(17)18-7-5-16(24)10-21(18)25;1-16(2,3)24-15(23)20-10-12-9-14(22)21(8)11-13(12)19-25-17(4,5)18(6,7)26-19;1-2-23(21,22)9-10-3-5-12(14(17)7-10)16(20)13-6-4-11(18)8-15(13)19;15-7-8-1-3-10(12(16)5-8)14(19)11-4-2-9(17)6-13(11)18;1-2-5(3)4;/h7-13,15H,6,14,16H2,1-5H3,(H,31,35);4-10,12H,3,11,13H2,1-2H3;9,11H,10H2,1-8H3,(H,20,23);3-8H,2,9H2,1H3;1-6H,7H2;2H2,1H3,(H,3,4);/q;;;;;;+1/p-1. The third-order valence-electron chi connectivity index (χ3n) is 21.9. The van der Waals surface area contributed by atoms with E-state index in [0.29, 0.717) is 86.6 Å². The number of carbonyl (C=O) groups is 5. The Morgan fingerprint density at radius 1 is 0.465 bits per heavy atom. The van der Waals surface area contributed by atoms with Crippen molar-refractivity contribution in [3.63, 3.8) is 0 Å². The molecule has 26 nitrogen and oxygen atoms in total. The summed E-state index contributed by atoms with van der Waals surface area (Å²) < 4.78 is 176. The van der Waals surface area contributed by atoms with Gasteiger partial charge in [0.1, 0.15) is 34.5 Å². The van der Waals surface area contributed by atoms with Gasteiger partial charge < -0.3 is 47.7 Å². The van der Waals surface area contributed by atoms with Crippen LogP contribution < -0.4 is 62.3 Å². The Morgan fingerprint density at radius 2 is 0.806 bits per heavy atom. The number of hydrogen-bond acceptors (Lipinski definition) is 21. The molecule has 5 heterocycles. The molecule has 11 aromatic rings. The number of fused-ring (bicyclic) bond motifs is 3. The maximum absolute atomic E-state index is 14.8. The van der Waals surface area contributed by atoms with Crippen LogP contribution in [-0.4, -0.2) is 135 Å². The van der Waals surface area contributed by atoms with Crippen molar-refractivity contribution in [2.45, 2.75) is 162 Å². The summed E-state index contributed by atoms with van der Waals surface area (Å²) in [6.45, 7) is 24.9. The minimum atomic E-state index is -3.42. The Balaban J connectivity index is 0.000000245. The van der Waals surface area contributed by atoms with E-state index in [0.717, 1.165) is 29.3 Å². The van der Waals surface area contributed by atoms with E-state index >= 15 is 0 Å². The van der Waals surface area contributed by atoms with Crippen molar-refractivity contribution in [3.05, 3.63) is 349 Å². The molecule has 2 N–H and O–H groups in total. The number of pyridine rings is 3. The number of alkyl halides is 1. The number of nitrogens with one attached hydrogen (secondary N) is 2. The van der Waals surface area contributed by atoms with Crippen LogP contribution in [0.15, 0.2) is 211 Å². The van der Waals surface area contributed by atoms with Crippen LogP contribution in [0.25, 0.3) is 22.3 Å². The van der Waals surface area contributed by atoms with Gasteiger partial charge in [-0.15, -0.1) is 0 Å². The second-order valence-electron chi connectivity index (χ2n) is 35.6. The number of alkyl carbamates (subject to hydrolysis) is 2. The van der Waals surface area contributed by atoms with Gasteiger partial charge in [0, 0.05) is 173 Å². The molecule has 1 atom stereocenters. The molecule has 0 saturated carbocycles. The zero-order valence-corrected chi connectivity index (χ0v) is 95.0. The molecule has 2 amide bonds. The van der Waals surface area contributed by atoms with Gasteiger partial charge in [-0.3, -0.25) is 38.0 Å². The molecule has 0 bridgehead atoms. The minimum Gasteiger partial charge on any atom is -0.772 e. The van der Waals surface area contributed by atoms with Crippen LogP contribution in [0.2, 0.25) is 20.1 Å². The number of nitrogens with zero attached hydrogens (tertiary/aromatic N) is 4. The number of amides is 2. The molecule has 0 spiro atoms. The summed E-state index contributed by atoms with van der Waals surface area (Å²) in [6, 6.07) is 39.9. The first kappa shape index (κ1) is 122. The van der Waals surface area contributed by atoms with E-state index in [9.17, 15) is 89.9 Å². The maximum atomic E-state index is 14.8. The number of ether oxygens (including phenoxy) is 2. The molecular weight excluding hydrogens is 2240 g/mol. The predicted molar refractivity (Wildman–Crippen MR) is 563 cm³/mol. The van der Waals surface area contributed by atoms with Gasteiger partial charge in [0.2, 0.25) is 0 Å². The van der Waals surface area contributed by atoms with E-state index in [-0.39, 0.29) is 165 Å². The van der Waals surface area contributed by atoms with Crippen molar-refractivity contribution >= 4 is 183 Å². The number of ketones is 3. The van der Waals surface area contributed by atoms with Gasteiger partial charge >= 0.3 is 48.9 Å². The molecule has 2 aliphatic rings. The summed E-state index contributed by atoms with van der Waals surface area (Å²) in [7, 11) is -5.61. The average molecular weight is 2340 g/mol. The van der Waals surface area contributed by atoms with Crippen molar-refractivity contribution in [2.75, 3.05) is 23.0 Å². The smallest absolute Gasteiger partial charge is 0.772 e. The maximum Gasteiger partial charge on any atom is 1.00 e.